The summed E-state index contributed by atoms with van der Waals surface area (Å²) in [6.45, 7) is 4.45. The first-order valence-electron chi connectivity index (χ1n) is 11.4. The van der Waals surface area contributed by atoms with E-state index in [9.17, 15) is 22.4 Å². The second-order valence-electron chi connectivity index (χ2n) is 8.73. The number of hydrogen-bond donors (Lipinski definition) is 0. The van der Waals surface area contributed by atoms with Crippen LogP contribution in [0.2, 0.25) is 0 Å². The first-order valence-corrected chi connectivity index (χ1v) is 11.4. The first kappa shape index (κ1) is 24.3. The number of methoxy groups -OCH3 is 1. The number of aromatic nitrogens is 1. The molecule has 0 N–H and O–H groups in total. The molecular weight excluding hydrogens is 452 g/mol. The van der Waals surface area contributed by atoms with Gasteiger partial charge in [0, 0.05) is 57.9 Å². The van der Waals surface area contributed by atoms with Gasteiger partial charge in [-0.05, 0) is 42.7 Å². The molecule has 1 aromatic carbocycles. The molecule has 6 nitrogen and oxygen atoms in total. The quantitative estimate of drug-likeness (QED) is 0.610. The minimum Gasteiger partial charge on any atom is -0.494 e. The Morgan fingerprint density at radius 2 is 1.76 bits per heavy atom. The van der Waals surface area contributed by atoms with Gasteiger partial charge < -0.3 is 14.5 Å². The molecule has 2 aliphatic heterocycles. The fourth-order valence-electron chi connectivity index (χ4n) is 4.55. The summed E-state index contributed by atoms with van der Waals surface area (Å²) in [7, 11) is 1.43. The van der Waals surface area contributed by atoms with Gasteiger partial charge in [0.1, 0.15) is 5.82 Å². The number of carbonyl (C=O) groups excluding carboxylic acids is 1. The average Bonchev–Trinajstić information content (AvgIpc) is 2.84. The van der Waals surface area contributed by atoms with Gasteiger partial charge in [0.15, 0.2) is 11.6 Å². The van der Waals surface area contributed by atoms with Crippen LogP contribution in [0.15, 0.2) is 36.5 Å². The van der Waals surface area contributed by atoms with Crippen LogP contribution >= 0.6 is 0 Å². The van der Waals surface area contributed by atoms with E-state index in [4.69, 9.17) is 4.74 Å². The maximum Gasteiger partial charge on any atom is 0.417 e. The van der Waals surface area contributed by atoms with E-state index in [2.05, 4.69) is 9.88 Å². The molecule has 10 heteroatoms. The van der Waals surface area contributed by atoms with Crippen LogP contribution in [0.25, 0.3) is 0 Å². The molecule has 1 amide bonds. The second kappa shape index (κ2) is 10.2. The van der Waals surface area contributed by atoms with Crippen molar-refractivity contribution in [2.24, 2.45) is 5.92 Å². The smallest absolute Gasteiger partial charge is 0.417 e. The summed E-state index contributed by atoms with van der Waals surface area (Å²) in [5, 5.41) is 0. The maximum absolute atomic E-state index is 13.9. The van der Waals surface area contributed by atoms with Gasteiger partial charge in [-0.2, -0.15) is 13.2 Å². The third-order valence-corrected chi connectivity index (χ3v) is 6.55. The number of halogens is 4. The summed E-state index contributed by atoms with van der Waals surface area (Å²) in [4.78, 5) is 23.0. The molecule has 2 fully saturated rings. The van der Waals surface area contributed by atoms with Crippen molar-refractivity contribution in [3.8, 4) is 5.75 Å². The Balaban J connectivity index is 1.24. The zero-order valence-corrected chi connectivity index (χ0v) is 19.0. The maximum atomic E-state index is 13.9. The predicted molar refractivity (Wildman–Crippen MR) is 119 cm³/mol. The third kappa shape index (κ3) is 5.60. The Labute approximate surface area is 196 Å². The summed E-state index contributed by atoms with van der Waals surface area (Å²) >= 11 is 0. The van der Waals surface area contributed by atoms with E-state index in [1.165, 1.54) is 19.2 Å². The van der Waals surface area contributed by atoms with Crippen LogP contribution in [0.4, 0.5) is 23.4 Å². The van der Waals surface area contributed by atoms with Crippen molar-refractivity contribution in [2.75, 3.05) is 51.3 Å². The van der Waals surface area contributed by atoms with Crippen molar-refractivity contribution < 1.29 is 27.1 Å². The number of alkyl halides is 3. The molecule has 0 radical (unpaired) electrons. The van der Waals surface area contributed by atoms with E-state index in [0.717, 1.165) is 17.8 Å². The van der Waals surface area contributed by atoms with Gasteiger partial charge in [-0.15, -0.1) is 0 Å². The number of piperidine rings is 1. The second-order valence-corrected chi connectivity index (χ2v) is 8.73. The van der Waals surface area contributed by atoms with Crippen LogP contribution < -0.4 is 9.64 Å². The largest absolute Gasteiger partial charge is 0.494 e. The number of carbonyl (C=O) groups is 1. The van der Waals surface area contributed by atoms with E-state index in [1.807, 2.05) is 15.9 Å². The molecule has 2 aromatic rings. The molecule has 184 valence electrons. The molecule has 34 heavy (non-hydrogen) atoms. The molecule has 0 atom stereocenters. The normalized spacial score (nSPS) is 18.3. The molecule has 3 heterocycles. The van der Waals surface area contributed by atoms with E-state index in [1.54, 1.807) is 6.07 Å². The fourth-order valence-corrected chi connectivity index (χ4v) is 4.55. The highest BCUT2D eigenvalue weighted by molar-refractivity contribution is 5.79. The Bertz CT molecular complexity index is 983. The topological polar surface area (TPSA) is 48.9 Å². The lowest BCUT2D eigenvalue weighted by Gasteiger charge is -2.39. The van der Waals surface area contributed by atoms with Crippen LogP contribution in [-0.4, -0.2) is 67.1 Å². The molecule has 2 saturated heterocycles. The minimum atomic E-state index is -4.40. The van der Waals surface area contributed by atoms with Crippen molar-refractivity contribution in [1.29, 1.82) is 0 Å². The predicted octanol–water partition coefficient (Wildman–Crippen LogP) is 3.81. The third-order valence-electron chi connectivity index (χ3n) is 6.55. The van der Waals surface area contributed by atoms with E-state index >= 15 is 0 Å². The summed E-state index contributed by atoms with van der Waals surface area (Å²) in [5.41, 5.74) is 0.0971. The standard InChI is InChI=1S/C24H28F4N4O2/c1-34-21-4-2-17(14-20(21)25)16-30-10-12-32(13-11-30)23(33)18-6-8-31(9-7-18)22-5-3-19(15-29-22)24(26,27)28/h2-5,14-15,18H,6-13,16H2,1H3. The molecule has 0 spiro atoms. The number of piperazine rings is 1. The lowest BCUT2D eigenvalue weighted by atomic mass is 9.95. The van der Waals surface area contributed by atoms with Gasteiger partial charge >= 0.3 is 6.18 Å². The van der Waals surface area contributed by atoms with Crippen LogP contribution in [0.1, 0.15) is 24.0 Å². The Hall–Kier alpha value is -2.88. The highest BCUT2D eigenvalue weighted by atomic mass is 19.4. The van der Waals surface area contributed by atoms with Crippen molar-refractivity contribution in [1.82, 2.24) is 14.8 Å². The van der Waals surface area contributed by atoms with Crippen molar-refractivity contribution >= 4 is 11.7 Å². The molecular formula is C24H28F4N4O2. The van der Waals surface area contributed by atoms with Gasteiger partial charge in [0.05, 0.1) is 12.7 Å². The highest BCUT2D eigenvalue weighted by Crippen LogP contribution is 2.30. The number of rotatable bonds is 5. The van der Waals surface area contributed by atoms with Crippen LogP contribution in [0, 0.1) is 11.7 Å². The number of hydrogen-bond acceptors (Lipinski definition) is 5. The molecule has 0 aliphatic carbocycles. The van der Waals surface area contributed by atoms with Gasteiger partial charge in [-0.1, -0.05) is 6.07 Å². The van der Waals surface area contributed by atoms with E-state index < -0.39 is 11.7 Å². The summed E-state index contributed by atoms with van der Waals surface area (Å²) in [5.74, 6) is 0.386. The molecule has 2 aliphatic rings. The van der Waals surface area contributed by atoms with Gasteiger partial charge in [-0.3, -0.25) is 9.69 Å². The van der Waals surface area contributed by atoms with Crippen LogP contribution in [0.3, 0.4) is 0 Å². The Kier molecular flexibility index (Phi) is 7.25. The minimum absolute atomic E-state index is 0.0899. The van der Waals surface area contributed by atoms with E-state index in [-0.39, 0.29) is 23.4 Å². The number of amides is 1. The Morgan fingerprint density at radius 1 is 1.06 bits per heavy atom. The zero-order chi connectivity index (χ0) is 24.3. The molecule has 0 bridgehead atoms. The molecule has 0 saturated carbocycles. The van der Waals surface area contributed by atoms with Crippen molar-refractivity contribution in [3.63, 3.8) is 0 Å². The number of pyridine rings is 1. The van der Waals surface area contributed by atoms with E-state index in [0.29, 0.717) is 64.5 Å². The lowest BCUT2D eigenvalue weighted by Crippen LogP contribution is -2.51. The highest BCUT2D eigenvalue weighted by Gasteiger charge is 2.33. The lowest BCUT2D eigenvalue weighted by molar-refractivity contribution is -0.138. The van der Waals surface area contributed by atoms with Crippen LogP contribution in [0.5, 0.6) is 5.75 Å². The van der Waals surface area contributed by atoms with Crippen molar-refractivity contribution in [3.05, 3.63) is 53.5 Å². The molecule has 4 rings (SSSR count). The fraction of sp³-hybridized carbons (Fsp3) is 0.500. The van der Waals surface area contributed by atoms with Crippen molar-refractivity contribution in [2.45, 2.75) is 25.6 Å². The number of benzene rings is 1. The molecule has 0 unspecified atom stereocenters. The monoisotopic (exact) mass is 480 g/mol. The van der Waals surface area contributed by atoms with Crippen LogP contribution in [-0.2, 0) is 17.5 Å². The Morgan fingerprint density at radius 3 is 2.32 bits per heavy atom. The average molecular weight is 481 g/mol. The SMILES string of the molecule is COc1ccc(CN2CCN(C(=O)C3CCN(c4ccc(C(F)(F)F)cn4)CC3)CC2)cc1F. The zero-order valence-electron chi connectivity index (χ0n) is 19.0. The summed E-state index contributed by atoms with van der Waals surface area (Å²) < 4.78 is 57.1. The van der Waals surface area contributed by atoms with Gasteiger partial charge in [0.2, 0.25) is 5.91 Å². The number of nitrogens with zero attached hydrogens (tertiary/aromatic N) is 4. The van der Waals surface area contributed by atoms with Gasteiger partial charge in [0.25, 0.3) is 0 Å². The van der Waals surface area contributed by atoms with Gasteiger partial charge in [-0.25, -0.2) is 9.37 Å². The summed E-state index contributed by atoms with van der Waals surface area (Å²) in [6, 6.07) is 7.38. The first-order chi connectivity index (χ1) is 16.2. The number of ether oxygens (including phenoxy) is 1. The number of anilines is 1. The molecule has 1 aromatic heterocycles. The summed E-state index contributed by atoms with van der Waals surface area (Å²) in [6.07, 6.45) is -2.26.